The van der Waals surface area contributed by atoms with E-state index < -0.39 is 5.43 Å². The van der Waals surface area contributed by atoms with E-state index >= 15 is 0 Å². The summed E-state index contributed by atoms with van der Waals surface area (Å²) in [4.78, 5) is 32.8. The minimum absolute atomic E-state index is 0.380. The number of pyridine rings is 1. The Kier molecular flexibility index (Phi) is 4.98. The molecule has 0 atom stereocenters. The van der Waals surface area contributed by atoms with Crippen LogP contribution in [0.3, 0.4) is 0 Å². The van der Waals surface area contributed by atoms with Crippen LogP contribution in [0.4, 0.5) is 11.4 Å². The van der Waals surface area contributed by atoms with E-state index in [1.807, 2.05) is 29.2 Å². The lowest BCUT2D eigenvalue weighted by molar-refractivity contribution is 0.249. The van der Waals surface area contributed by atoms with Crippen LogP contribution in [0.1, 0.15) is 11.3 Å². The highest BCUT2D eigenvalue weighted by atomic mass is 16.2. The minimum atomic E-state index is -0.423. The van der Waals surface area contributed by atoms with Crippen molar-refractivity contribution in [2.24, 2.45) is 0 Å². The summed E-state index contributed by atoms with van der Waals surface area (Å²) in [5, 5.41) is 3.11. The number of anilines is 2. The van der Waals surface area contributed by atoms with Crippen molar-refractivity contribution in [3.05, 3.63) is 86.4 Å². The van der Waals surface area contributed by atoms with Crippen LogP contribution in [0.5, 0.6) is 0 Å². The molecule has 0 spiro atoms. The maximum Gasteiger partial charge on any atom is 0.253 e. The molecule has 2 aromatic carbocycles. The second-order valence-corrected chi connectivity index (χ2v) is 6.81. The Hall–Kier alpha value is -2.99. The molecular formula is C21H22N4O2. The third-order valence-corrected chi connectivity index (χ3v) is 5.00. The van der Waals surface area contributed by atoms with Gasteiger partial charge in [-0.1, -0.05) is 36.4 Å². The lowest BCUT2D eigenvalue weighted by atomic mass is 10.1. The third kappa shape index (κ3) is 3.75. The fraction of sp³-hybridized carbons (Fsp3) is 0.286. The molecule has 0 unspecified atom stereocenters. The molecule has 0 bridgehead atoms. The number of aromatic nitrogens is 1. The average molecular weight is 362 g/mol. The molecule has 2 heterocycles. The van der Waals surface area contributed by atoms with Gasteiger partial charge in [-0.15, -0.1) is 0 Å². The Morgan fingerprint density at radius 2 is 1.63 bits per heavy atom. The monoisotopic (exact) mass is 362 g/mol. The summed E-state index contributed by atoms with van der Waals surface area (Å²) in [7, 11) is 0. The Bertz CT molecular complexity index is 957. The summed E-state index contributed by atoms with van der Waals surface area (Å²) in [6.07, 6.45) is 1.71. The van der Waals surface area contributed by atoms with E-state index in [0.29, 0.717) is 17.9 Å². The van der Waals surface area contributed by atoms with Crippen LogP contribution in [-0.4, -0.2) is 36.1 Å². The van der Waals surface area contributed by atoms with Crippen LogP contribution in [0.15, 0.2) is 64.3 Å². The molecule has 1 aliphatic rings. The molecule has 1 aliphatic heterocycles. The number of hydrogen-bond donors (Lipinski definition) is 1. The van der Waals surface area contributed by atoms with Gasteiger partial charge in [0.15, 0.2) is 0 Å². The molecule has 1 N–H and O–H groups in total. The number of benzene rings is 1. The molecule has 1 fully saturated rings. The van der Waals surface area contributed by atoms with Crippen LogP contribution in [-0.2, 0) is 13.1 Å². The highest BCUT2D eigenvalue weighted by Gasteiger charge is 2.28. The standard InChI is InChI=1S/C21H22N4O2/c26-20-18(23-14-17-8-4-5-9-22-17)19(21(20)27)25-12-10-24(11-13-25)15-16-6-2-1-3-7-16/h1-9,23H,10-15H2. The molecule has 1 saturated heterocycles. The van der Waals surface area contributed by atoms with Crippen molar-refractivity contribution in [3.63, 3.8) is 0 Å². The molecule has 138 valence electrons. The van der Waals surface area contributed by atoms with Crippen molar-refractivity contribution in [1.29, 1.82) is 0 Å². The molecule has 6 heteroatoms. The minimum Gasteiger partial charge on any atom is -0.374 e. The lowest BCUT2D eigenvalue weighted by Crippen LogP contribution is -2.51. The Labute approximate surface area is 157 Å². The molecule has 0 amide bonds. The first-order valence-electron chi connectivity index (χ1n) is 9.20. The Morgan fingerprint density at radius 3 is 2.33 bits per heavy atom. The molecule has 27 heavy (non-hydrogen) atoms. The normalized spacial score (nSPS) is 15.2. The van der Waals surface area contributed by atoms with Crippen molar-refractivity contribution < 1.29 is 0 Å². The van der Waals surface area contributed by atoms with Gasteiger partial charge in [-0.05, 0) is 17.7 Å². The zero-order chi connectivity index (χ0) is 18.6. The van der Waals surface area contributed by atoms with Gasteiger partial charge in [0, 0.05) is 38.9 Å². The Morgan fingerprint density at radius 1 is 0.889 bits per heavy atom. The number of nitrogens with one attached hydrogen (secondary N) is 1. The summed E-state index contributed by atoms with van der Waals surface area (Å²) >= 11 is 0. The molecule has 6 nitrogen and oxygen atoms in total. The van der Waals surface area contributed by atoms with Gasteiger partial charge in [0.1, 0.15) is 11.4 Å². The zero-order valence-electron chi connectivity index (χ0n) is 15.1. The van der Waals surface area contributed by atoms with E-state index in [0.717, 1.165) is 38.4 Å². The molecule has 0 saturated carbocycles. The van der Waals surface area contributed by atoms with Crippen molar-refractivity contribution >= 4 is 11.4 Å². The smallest absolute Gasteiger partial charge is 0.253 e. The van der Waals surface area contributed by atoms with Gasteiger partial charge in [0.2, 0.25) is 0 Å². The van der Waals surface area contributed by atoms with E-state index in [1.54, 1.807) is 6.20 Å². The first kappa shape index (κ1) is 17.4. The third-order valence-electron chi connectivity index (χ3n) is 5.00. The van der Waals surface area contributed by atoms with Crippen molar-refractivity contribution in [2.45, 2.75) is 13.1 Å². The van der Waals surface area contributed by atoms with E-state index in [1.165, 1.54) is 5.56 Å². The fourth-order valence-electron chi connectivity index (χ4n) is 3.50. The first-order chi connectivity index (χ1) is 13.2. The van der Waals surface area contributed by atoms with E-state index in [-0.39, 0.29) is 5.43 Å². The highest BCUT2D eigenvalue weighted by Crippen LogP contribution is 2.22. The van der Waals surface area contributed by atoms with Gasteiger partial charge in [0.05, 0.1) is 12.2 Å². The van der Waals surface area contributed by atoms with Crippen molar-refractivity contribution in [2.75, 3.05) is 36.4 Å². The van der Waals surface area contributed by atoms with Gasteiger partial charge >= 0.3 is 0 Å². The molecular weight excluding hydrogens is 340 g/mol. The van der Waals surface area contributed by atoms with Crippen LogP contribution in [0.25, 0.3) is 0 Å². The summed E-state index contributed by atoms with van der Waals surface area (Å²) in [5.41, 5.74) is 2.29. The largest absolute Gasteiger partial charge is 0.374 e. The topological polar surface area (TPSA) is 65.5 Å². The van der Waals surface area contributed by atoms with Gasteiger partial charge in [-0.25, -0.2) is 0 Å². The summed E-state index contributed by atoms with van der Waals surface area (Å²) in [6.45, 7) is 4.57. The average Bonchev–Trinajstić information content (AvgIpc) is 2.73. The fourth-order valence-corrected chi connectivity index (χ4v) is 3.50. The predicted octanol–water partition coefficient (Wildman–Crippen LogP) is 1.61. The van der Waals surface area contributed by atoms with Crippen LogP contribution < -0.4 is 21.1 Å². The quantitative estimate of drug-likeness (QED) is 0.672. The maximum atomic E-state index is 12.1. The predicted molar refractivity (Wildman–Crippen MR) is 107 cm³/mol. The Balaban J connectivity index is 1.38. The first-order valence-corrected chi connectivity index (χ1v) is 9.20. The van der Waals surface area contributed by atoms with Gasteiger partial charge < -0.3 is 10.2 Å². The SMILES string of the molecule is O=c1c(NCc2ccccn2)c(N2CCN(Cc3ccccc3)CC2)c1=O. The molecule has 4 rings (SSSR count). The van der Waals surface area contributed by atoms with E-state index in [9.17, 15) is 9.59 Å². The second kappa shape index (κ2) is 7.72. The van der Waals surface area contributed by atoms with Gasteiger partial charge in [-0.2, -0.15) is 0 Å². The second-order valence-electron chi connectivity index (χ2n) is 6.81. The summed E-state index contributed by atoms with van der Waals surface area (Å²) in [6, 6.07) is 16.0. The summed E-state index contributed by atoms with van der Waals surface area (Å²) < 4.78 is 0. The number of nitrogens with zero attached hydrogens (tertiary/aromatic N) is 3. The maximum absolute atomic E-state index is 12.1. The van der Waals surface area contributed by atoms with Crippen molar-refractivity contribution in [1.82, 2.24) is 9.88 Å². The molecule has 0 aliphatic carbocycles. The van der Waals surface area contributed by atoms with Crippen LogP contribution >= 0.6 is 0 Å². The van der Waals surface area contributed by atoms with Gasteiger partial charge in [-0.3, -0.25) is 19.5 Å². The highest BCUT2D eigenvalue weighted by molar-refractivity contribution is 5.75. The molecule has 1 aromatic heterocycles. The number of hydrogen-bond acceptors (Lipinski definition) is 6. The van der Waals surface area contributed by atoms with Crippen LogP contribution in [0, 0.1) is 0 Å². The van der Waals surface area contributed by atoms with Crippen molar-refractivity contribution in [3.8, 4) is 0 Å². The van der Waals surface area contributed by atoms with E-state index in [2.05, 4.69) is 39.5 Å². The van der Waals surface area contributed by atoms with Gasteiger partial charge in [0.25, 0.3) is 10.9 Å². The number of rotatable bonds is 6. The number of piperazine rings is 1. The van der Waals surface area contributed by atoms with E-state index in [4.69, 9.17) is 0 Å². The molecule has 0 radical (unpaired) electrons. The lowest BCUT2D eigenvalue weighted by Gasteiger charge is -2.37. The van der Waals surface area contributed by atoms with Crippen LogP contribution in [0.2, 0.25) is 0 Å². The molecule has 3 aromatic rings. The summed E-state index contributed by atoms with van der Waals surface area (Å²) in [5.74, 6) is 0. The zero-order valence-corrected chi connectivity index (χ0v) is 15.1.